The molecule has 240 valence electrons. The molecule has 0 amide bonds. The van der Waals surface area contributed by atoms with Gasteiger partial charge in [0.05, 0.1) is 0 Å². The van der Waals surface area contributed by atoms with Crippen molar-refractivity contribution >= 4 is 23.3 Å². The zero-order valence-electron chi connectivity index (χ0n) is 26.2. The van der Waals surface area contributed by atoms with Crippen LogP contribution >= 0.6 is 23.3 Å². The van der Waals surface area contributed by atoms with Gasteiger partial charge in [-0.2, -0.15) is 0 Å². The van der Waals surface area contributed by atoms with E-state index in [1.165, 1.54) is 70.4 Å². The summed E-state index contributed by atoms with van der Waals surface area (Å²) in [6.07, 6.45) is 7.23. The zero-order chi connectivity index (χ0) is 31.5. The number of halogens is 1. The van der Waals surface area contributed by atoms with Crippen molar-refractivity contribution in [3.8, 4) is 0 Å². The quantitative estimate of drug-likeness (QED) is 0.0755. The van der Waals surface area contributed by atoms with Crippen molar-refractivity contribution in [1.29, 1.82) is 0 Å². The molecule has 0 saturated heterocycles. The fourth-order valence-corrected chi connectivity index (χ4v) is 72.6. The van der Waals surface area contributed by atoms with Gasteiger partial charge in [-0.3, -0.25) is 0 Å². The molecule has 4 heteroatoms. The first-order valence-electron chi connectivity index (χ1n) is 16.1. The van der Waals surface area contributed by atoms with E-state index in [0.717, 1.165) is 0 Å². The maximum absolute atomic E-state index is 4.94. The molecule has 0 aliphatic carbocycles. The Hall–Kier alpha value is -2.60. The van der Waals surface area contributed by atoms with Crippen LogP contribution in [0.15, 0.2) is 182 Å². The minimum absolute atomic E-state index is 1.21. The molecular formula is C42H44AuBrP2. The summed E-state index contributed by atoms with van der Waals surface area (Å²) in [6.45, 7) is 0. The van der Waals surface area contributed by atoms with E-state index in [9.17, 15) is 0 Å². The van der Waals surface area contributed by atoms with Gasteiger partial charge in [0.25, 0.3) is 0 Å². The number of rotatable bonds is 14. The molecule has 6 rings (SSSR count). The van der Waals surface area contributed by atoms with Crippen LogP contribution in [0.2, 0.25) is 0 Å². The van der Waals surface area contributed by atoms with Gasteiger partial charge in [-0.1, -0.05) is 0 Å². The average molecular weight is 888 g/mol. The van der Waals surface area contributed by atoms with Crippen LogP contribution in [0.1, 0.15) is 33.4 Å². The molecule has 0 aliphatic heterocycles. The van der Waals surface area contributed by atoms with Crippen LogP contribution < -0.4 is 0 Å². The van der Waals surface area contributed by atoms with Crippen molar-refractivity contribution in [2.75, 3.05) is 0 Å². The van der Waals surface area contributed by atoms with Crippen molar-refractivity contribution in [3.63, 3.8) is 0 Å². The fourth-order valence-electron chi connectivity index (χ4n) is 6.67. The summed E-state index contributed by atoms with van der Waals surface area (Å²) in [5.74, 6) is 0. The SMILES string of the molecule is [Br][Au]([PH](Cc1ccccc1)(Cc1ccccc1)Cc1ccccc1)[PH](Cc1ccccc1)(Cc1ccccc1)Cc1ccccc1. The van der Waals surface area contributed by atoms with Gasteiger partial charge in [0.15, 0.2) is 0 Å². The normalized spacial score (nSPS) is 12.8. The molecule has 0 atom stereocenters. The molecule has 0 bridgehead atoms. The summed E-state index contributed by atoms with van der Waals surface area (Å²) in [4.78, 5) is 0. The van der Waals surface area contributed by atoms with Gasteiger partial charge < -0.3 is 0 Å². The Kier molecular flexibility index (Phi) is 11.9. The Labute approximate surface area is 288 Å². The fraction of sp³-hybridized carbons (Fsp3) is 0.143. The van der Waals surface area contributed by atoms with Crippen LogP contribution in [-0.4, -0.2) is 0 Å². The molecule has 0 heterocycles. The van der Waals surface area contributed by atoms with Gasteiger partial charge >= 0.3 is 291 Å². The van der Waals surface area contributed by atoms with Crippen LogP contribution in [0.25, 0.3) is 0 Å². The summed E-state index contributed by atoms with van der Waals surface area (Å²) in [5, 5.41) is -4.18. The van der Waals surface area contributed by atoms with Gasteiger partial charge in [0, 0.05) is 0 Å². The molecule has 0 aromatic heterocycles. The van der Waals surface area contributed by atoms with Gasteiger partial charge in [-0.15, -0.1) is 0 Å². The molecule has 6 aromatic carbocycles. The number of hydrogen-bond donors (Lipinski definition) is 0. The van der Waals surface area contributed by atoms with Crippen molar-refractivity contribution in [2.24, 2.45) is 0 Å². The monoisotopic (exact) mass is 886 g/mol. The van der Waals surface area contributed by atoms with Crippen molar-refractivity contribution < 1.29 is 15.3 Å². The zero-order valence-corrected chi connectivity index (χ0v) is 32.0. The van der Waals surface area contributed by atoms with Crippen LogP contribution in [0, 0.1) is 0 Å². The second kappa shape index (κ2) is 16.5. The first kappa shape index (κ1) is 33.3. The van der Waals surface area contributed by atoms with Gasteiger partial charge in [-0.05, 0) is 0 Å². The van der Waals surface area contributed by atoms with E-state index in [0.29, 0.717) is 0 Å². The summed E-state index contributed by atoms with van der Waals surface area (Å²) in [7, 11) is 0. The second-order valence-electron chi connectivity index (χ2n) is 12.3. The number of hydrogen-bond acceptors (Lipinski definition) is 0. The van der Waals surface area contributed by atoms with Crippen LogP contribution in [0.3, 0.4) is 0 Å². The Bertz CT molecular complexity index is 1400. The Morgan fingerprint density at radius 1 is 0.283 bits per heavy atom. The number of benzene rings is 6. The Balaban J connectivity index is 1.58. The molecule has 0 saturated carbocycles. The molecular weight excluding hydrogens is 843 g/mol. The maximum atomic E-state index is 4.94. The topological polar surface area (TPSA) is 0 Å². The van der Waals surface area contributed by atoms with Crippen LogP contribution in [-0.2, 0) is 52.2 Å². The van der Waals surface area contributed by atoms with E-state index in [2.05, 4.69) is 182 Å². The summed E-state index contributed by atoms with van der Waals surface area (Å²) in [5.41, 5.74) is 9.01. The van der Waals surface area contributed by atoms with Crippen LogP contribution in [0.4, 0.5) is 0 Å². The summed E-state index contributed by atoms with van der Waals surface area (Å²) in [6, 6.07) is 68.6. The first-order chi connectivity index (χ1) is 22.6. The summed E-state index contributed by atoms with van der Waals surface area (Å²) >= 11 is 3.17. The van der Waals surface area contributed by atoms with Crippen LogP contribution in [0.5, 0.6) is 0 Å². The van der Waals surface area contributed by atoms with E-state index < -0.39 is 25.6 Å². The van der Waals surface area contributed by atoms with Crippen molar-refractivity contribution in [2.45, 2.75) is 37.0 Å². The Morgan fingerprint density at radius 2 is 0.435 bits per heavy atom. The van der Waals surface area contributed by atoms with E-state index in [-0.39, 0.29) is 0 Å². The van der Waals surface area contributed by atoms with Crippen molar-refractivity contribution in [1.82, 2.24) is 0 Å². The summed E-state index contributed by atoms with van der Waals surface area (Å²) < 4.78 is 0. The molecule has 0 N–H and O–H groups in total. The molecule has 0 radical (unpaired) electrons. The van der Waals surface area contributed by atoms with E-state index in [1.807, 2.05) is 0 Å². The molecule has 0 fully saturated rings. The molecule has 6 aromatic rings. The van der Waals surface area contributed by atoms with E-state index >= 15 is 0 Å². The van der Waals surface area contributed by atoms with Gasteiger partial charge in [0.2, 0.25) is 0 Å². The van der Waals surface area contributed by atoms with Gasteiger partial charge in [0.1, 0.15) is 0 Å². The standard InChI is InChI=1S/2C21H21P.Au.BrH/c2*1-4-10-19(11-5-1)16-22(17-20-12-6-2-7-13-20)18-21-14-8-3-9-15-21;;/h2*1-15H,16-18H2;;1H/q;;-1;/p+1. The minimum atomic E-state index is -2.09. The van der Waals surface area contributed by atoms with Crippen molar-refractivity contribution in [3.05, 3.63) is 215 Å². The Morgan fingerprint density at radius 3 is 0.587 bits per heavy atom. The molecule has 0 spiro atoms. The first-order valence-corrected chi connectivity index (χ1v) is 32.2. The molecule has 46 heavy (non-hydrogen) atoms. The van der Waals surface area contributed by atoms with E-state index in [4.69, 9.17) is 13.0 Å². The third-order valence-electron chi connectivity index (χ3n) is 8.66. The predicted octanol–water partition coefficient (Wildman–Crippen LogP) is 12.4. The second-order valence-corrected chi connectivity index (χ2v) is 52.4. The molecule has 0 nitrogen and oxygen atoms in total. The van der Waals surface area contributed by atoms with Gasteiger partial charge in [-0.25, -0.2) is 0 Å². The van der Waals surface area contributed by atoms with E-state index in [1.54, 1.807) is 0 Å². The third-order valence-corrected chi connectivity index (χ3v) is 75.5. The predicted molar refractivity (Wildman–Crippen MR) is 206 cm³/mol. The molecule has 0 aliphatic rings. The molecule has 0 unspecified atom stereocenters. The average Bonchev–Trinajstić information content (AvgIpc) is 3.10. The third kappa shape index (κ3) is 8.85.